The molecule has 0 N–H and O–H groups in total. The number of halogens is 1. The predicted molar refractivity (Wildman–Crippen MR) is 86.5 cm³/mol. The summed E-state index contributed by atoms with van der Waals surface area (Å²) in [4.78, 5) is 18.2. The zero-order valence-corrected chi connectivity index (χ0v) is 14.0. The van der Waals surface area contributed by atoms with E-state index in [1.165, 1.54) is 19.4 Å². The topological polar surface area (TPSA) is 23.6 Å². The van der Waals surface area contributed by atoms with E-state index in [9.17, 15) is 4.79 Å². The molecule has 0 bridgehead atoms. The average Bonchev–Trinajstić information content (AvgIpc) is 2.87. The molecule has 0 aromatic heterocycles. The van der Waals surface area contributed by atoms with Gasteiger partial charge in [-0.05, 0) is 60.4 Å². The van der Waals surface area contributed by atoms with E-state index in [4.69, 9.17) is 0 Å². The number of piperazine rings is 1. The van der Waals surface area contributed by atoms with Gasteiger partial charge in [0.2, 0.25) is 0 Å². The molecule has 0 aliphatic carbocycles. The second kappa shape index (κ2) is 5.70. The second-order valence-electron chi connectivity index (χ2n) is 5.76. The fourth-order valence-corrected chi connectivity index (χ4v) is 3.92. The maximum atomic E-state index is 12.8. The summed E-state index contributed by atoms with van der Waals surface area (Å²) in [5.41, 5.74) is 0.718. The van der Waals surface area contributed by atoms with Crippen LogP contribution in [0.4, 0.5) is 0 Å². The fraction of sp³-hybridized carbons (Fsp3) is 0.533. The van der Waals surface area contributed by atoms with Gasteiger partial charge < -0.3 is 4.90 Å². The molecule has 2 aliphatic heterocycles. The number of thiol groups is 1. The molecule has 1 aromatic carbocycles. The standard InChI is InChI=1S/C15H19BrN2OS/c1-10-8-17-6-2-3-11(17)9-18(10)15(19)13-7-12(20)4-5-14(13)16/h4-5,7,10-11,20H,2-3,6,8-9H2,1H3. The van der Waals surface area contributed by atoms with Crippen molar-refractivity contribution in [3.63, 3.8) is 0 Å². The van der Waals surface area contributed by atoms with E-state index in [0.29, 0.717) is 6.04 Å². The minimum atomic E-state index is 0.117. The Balaban J connectivity index is 1.84. The van der Waals surface area contributed by atoms with Crippen LogP contribution in [0.1, 0.15) is 30.1 Å². The normalized spacial score (nSPS) is 26.6. The fourth-order valence-electron chi connectivity index (χ4n) is 3.30. The van der Waals surface area contributed by atoms with Crippen LogP contribution in [0.15, 0.2) is 27.6 Å². The van der Waals surface area contributed by atoms with Crippen LogP contribution in [0.5, 0.6) is 0 Å². The lowest BCUT2D eigenvalue weighted by atomic mass is 10.1. The first-order chi connectivity index (χ1) is 9.56. The molecule has 108 valence electrons. The van der Waals surface area contributed by atoms with E-state index in [1.807, 2.05) is 23.1 Å². The van der Waals surface area contributed by atoms with Crippen molar-refractivity contribution >= 4 is 34.5 Å². The van der Waals surface area contributed by atoms with Crippen molar-refractivity contribution in [3.05, 3.63) is 28.2 Å². The number of amides is 1. The predicted octanol–water partition coefficient (Wildman–Crippen LogP) is 3.05. The zero-order valence-electron chi connectivity index (χ0n) is 11.6. The molecule has 2 aliphatic rings. The van der Waals surface area contributed by atoms with Gasteiger partial charge in [-0.25, -0.2) is 0 Å². The molecule has 2 atom stereocenters. The highest BCUT2D eigenvalue weighted by molar-refractivity contribution is 9.10. The van der Waals surface area contributed by atoms with Gasteiger partial charge in [0, 0.05) is 34.5 Å². The summed E-state index contributed by atoms with van der Waals surface area (Å²) in [5, 5.41) is 0. The van der Waals surface area contributed by atoms with Crippen molar-refractivity contribution in [1.29, 1.82) is 0 Å². The largest absolute Gasteiger partial charge is 0.333 e. The Hall–Kier alpha value is -0.520. The van der Waals surface area contributed by atoms with Crippen molar-refractivity contribution in [2.45, 2.75) is 36.7 Å². The van der Waals surface area contributed by atoms with Crippen LogP contribution in [0.2, 0.25) is 0 Å². The van der Waals surface area contributed by atoms with E-state index < -0.39 is 0 Å². The molecule has 0 spiro atoms. The molecule has 3 rings (SSSR count). The molecule has 0 radical (unpaired) electrons. The molecule has 20 heavy (non-hydrogen) atoms. The molecule has 1 amide bonds. The molecule has 2 fully saturated rings. The number of carbonyl (C=O) groups excluding carboxylic acids is 1. The molecule has 2 heterocycles. The van der Waals surface area contributed by atoms with Crippen molar-refractivity contribution < 1.29 is 4.79 Å². The van der Waals surface area contributed by atoms with Crippen LogP contribution in [0, 0.1) is 0 Å². The molecular weight excluding hydrogens is 336 g/mol. The summed E-state index contributed by atoms with van der Waals surface area (Å²) in [6, 6.07) is 6.46. The Kier molecular flexibility index (Phi) is 4.11. The summed E-state index contributed by atoms with van der Waals surface area (Å²) in [6.45, 7) is 5.18. The molecule has 5 heteroatoms. The number of fused-ring (bicyclic) bond motifs is 1. The maximum Gasteiger partial charge on any atom is 0.255 e. The van der Waals surface area contributed by atoms with Crippen molar-refractivity contribution in [2.75, 3.05) is 19.6 Å². The van der Waals surface area contributed by atoms with Gasteiger partial charge in [0.1, 0.15) is 0 Å². The third kappa shape index (κ3) is 2.63. The van der Waals surface area contributed by atoms with Gasteiger partial charge in [-0.2, -0.15) is 0 Å². The van der Waals surface area contributed by atoms with Gasteiger partial charge in [-0.3, -0.25) is 9.69 Å². The number of nitrogens with zero attached hydrogens (tertiary/aromatic N) is 2. The zero-order chi connectivity index (χ0) is 14.3. The quantitative estimate of drug-likeness (QED) is 0.783. The lowest BCUT2D eigenvalue weighted by Crippen LogP contribution is -2.56. The molecule has 2 saturated heterocycles. The third-order valence-electron chi connectivity index (χ3n) is 4.38. The highest BCUT2D eigenvalue weighted by Crippen LogP contribution is 2.28. The van der Waals surface area contributed by atoms with Crippen molar-refractivity contribution in [2.24, 2.45) is 0 Å². The van der Waals surface area contributed by atoms with Gasteiger partial charge >= 0.3 is 0 Å². The Labute approximate surface area is 133 Å². The Morgan fingerprint density at radius 3 is 3.00 bits per heavy atom. The van der Waals surface area contributed by atoms with E-state index in [-0.39, 0.29) is 11.9 Å². The first kappa shape index (κ1) is 14.4. The van der Waals surface area contributed by atoms with Crippen LogP contribution < -0.4 is 0 Å². The Morgan fingerprint density at radius 2 is 2.20 bits per heavy atom. The van der Waals surface area contributed by atoms with E-state index in [2.05, 4.69) is 40.4 Å². The first-order valence-electron chi connectivity index (χ1n) is 7.10. The van der Waals surface area contributed by atoms with Crippen molar-refractivity contribution in [3.8, 4) is 0 Å². The van der Waals surface area contributed by atoms with E-state index >= 15 is 0 Å². The lowest BCUT2D eigenvalue weighted by Gasteiger charge is -2.42. The van der Waals surface area contributed by atoms with Gasteiger partial charge in [-0.1, -0.05) is 0 Å². The van der Waals surface area contributed by atoms with Crippen LogP contribution >= 0.6 is 28.6 Å². The van der Waals surface area contributed by atoms with Crippen LogP contribution in [0.25, 0.3) is 0 Å². The Morgan fingerprint density at radius 1 is 1.40 bits per heavy atom. The molecule has 1 aromatic rings. The number of hydrogen-bond donors (Lipinski definition) is 1. The molecule has 3 nitrogen and oxygen atoms in total. The smallest absolute Gasteiger partial charge is 0.255 e. The highest BCUT2D eigenvalue weighted by Gasteiger charge is 2.37. The number of hydrogen-bond acceptors (Lipinski definition) is 3. The van der Waals surface area contributed by atoms with Gasteiger partial charge in [0.05, 0.1) is 5.56 Å². The minimum absolute atomic E-state index is 0.117. The number of benzene rings is 1. The van der Waals surface area contributed by atoms with Crippen LogP contribution in [-0.4, -0.2) is 47.4 Å². The third-order valence-corrected chi connectivity index (χ3v) is 5.35. The maximum absolute atomic E-state index is 12.8. The minimum Gasteiger partial charge on any atom is -0.333 e. The van der Waals surface area contributed by atoms with Crippen LogP contribution in [0.3, 0.4) is 0 Å². The van der Waals surface area contributed by atoms with Gasteiger partial charge in [-0.15, -0.1) is 12.6 Å². The van der Waals surface area contributed by atoms with Crippen LogP contribution in [-0.2, 0) is 0 Å². The summed E-state index contributed by atoms with van der Waals surface area (Å²) in [7, 11) is 0. The molecular formula is C15H19BrN2OS. The molecule has 0 saturated carbocycles. The average molecular weight is 355 g/mol. The monoisotopic (exact) mass is 354 g/mol. The van der Waals surface area contributed by atoms with E-state index in [0.717, 1.165) is 28.0 Å². The molecule has 2 unspecified atom stereocenters. The van der Waals surface area contributed by atoms with Gasteiger partial charge in [0.25, 0.3) is 5.91 Å². The summed E-state index contributed by atoms with van der Waals surface area (Å²) >= 11 is 7.83. The SMILES string of the molecule is CC1CN2CCCC2CN1C(=O)c1cc(S)ccc1Br. The first-order valence-corrected chi connectivity index (χ1v) is 8.34. The van der Waals surface area contributed by atoms with E-state index in [1.54, 1.807) is 0 Å². The number of carbonyl (C=O) groups is 1. The van der Waals surface area contributed by atoms with Crippen molar-refractivity contribution in [1.82, 2.24) is 9.80 Å². The highest BCUT2D eigenvalue weighted by atomic mass is 79.9. The lowest BCUT2D eigenvalue weighted by molar-refractivity contribution is 0.0394. The summed E-state index contributed by atoms with van der Waals surface area (Å²) in [6.07, 6.45) is 2.47. The van der Waals surface area contributed by atoms with Gasteiger partial charge in [0.15, 0.2) is 0 Å². The Bertz CT molecular complexity index is 537. The summed E-state index contributed by atoms with van der Waals surface area (Å²) in [5.74, 6) is 0.117. The second-order valence-corrected chi connectivity index (χ2v) is 7.13. The summed E-state index contributed by atoms with van der Waals surface area (Å²) < 4.78 is 0.848. The number of rotatable bonds is 1.